The van der Waals surface area contributed by atoms with Crippen LogP contribution >= 0.6 is 0 Å². The van der Waals surface area contributed by atoms with Gasteiger partial charge in [-0.2, -0.15) is 5.10 Å². The van der Waals surface area contributed by atoms with E-state index in [1.165, 1.54) is 17.1 Å². The Labute approximate surface area is 101 Å². The van der Waals surface area contributed by atoms with Crippen LogP contribution in [-0.4, -0.2) is 31.3 Å². The Bertz CT molecular complexity index is 482. The molecule has 0 radical (unpaired) electrons. The summed E-state index contributed by atoms with van der Waals surface area (Å²) >= 11 is 0. The summed E-state index contributed by atoms with van der Waals surface area (Å²) in [5.74, 6) is 1.13. The summed E-state index contributed by atoms with van der Waals surface area (Å²) in [6.07, 6.45) is 3.97. The van der Waals surface area contributed by atoms with Gasteiger partial charge in [0.05, 0.1) is 12.7 Å². The van der Waals surface area contributed by atoms with Crippen molar-refractivity contribution in [2.75, 3.05) is 13.1 Å². The molecule has 7 heteroatoms. The van der Waals surface area contributed by atoms with Gasteiger partial charge in [0.1, 0.15) is 4.90 Å². The number of nitrogens with zero attached hydrogens (tertiary/aromatic N) is 2. The molecule has 2 atom stereocenters. The van der Waals surface area contributed by atoms with Crippen LogP contribution in [0.25, 0.3) is 0 Å². The van der Waals surface area contributed by atoms with Gasteiger partial charge in [0.15, 0.2) is 0 Å². The molecule has 0 bridgehead atoms. The molecule has 2 rings (SSSR count). The number of sulfonamides is 1. The van der Waals surface area contributed by atoms with E-state index in [2.05, 4.69) is 16.7 Å². The number of rotatable bonds is 6. The largest absolute Gasteiger partial charge is 0.329 e. The predicted octanol–water partition coefficient (Wildman–Crippen LogP) is -0.224. The molecular weight excluding hydrogens is 240 g/mol. The molecule has 6 nitrogen and oxygen atoms in total. The van der Waals surface area contributed by atoms with Crippen molar-refractivity contribution in [1.82, 2.24) is 14.5 Å². The Morgan fingerprint density at radius 2 is 2.35 bits per heavy atom. The lowest BCUT2D eigenvalue weighted by Crippen LogP contribution is -2.26. The van der Waals surface area contributed by atoms with E-state index in [4.69, 9.17) is 5.73 Å². The first-order chi connectivity index (χ1) is 8.03. The highest BCUT2D eigenvalue weighted by atomic mass is 32.2. The van der Waals surface area contributed by atoms with Gasteiger partial charge in [0.25, 0.3) is 0 Å². The molecule has 1 saturated carbocycles. The third-order valence-electron chi connectivity index (χ3n) is 3.09. The van der Waals surface area contributed by atoms with Crippen molar-refractivity contribution in [1.29, 1.82) is 0 Å². The smallest absolute Gasteiger partial charge is 0.243 e. The Morgan fingerprint density at radius 3 is 2.94 bits per heavy atom. The summed E-state index contributed by atoms with van der Waals surface area (Å²) in [6, 6.07) is 0. The molecular formula is C10H18N4O2S. The minimum Gasteiger partial charge on any atom is -0.329 e. The summed E-state index contributed by atoms with van der Waals surface area (Å²) in [4.78, 5) is 0.208. The van der Waals surface area contributed by atoms with Crippen LogP contribution < -0.4 is 10.5 Å². The van der Waals surface area contributed by atoms with Crippen molar-refractivity contribution >= 4 is 10.0 Å². The first-order valence-electron chi connectivity index (χ1n) is 5.75. The van der Waals surface area contributed by atoms with E-state index in [0.717, 1.165) is 6.42 Å². The molecule has 3 N–H and O–H groups in total. The van der Waals surface area contributed by atoms with Crippen LogP contribution in [-0.2, 0) is 16.6 Å². The minimum absolute atomic E-state index is 0.208. The van der Waals surface area contributed by atoms with E-state index in [1.807, 2.05) is 0 Å². The number of nitrogens with two attached hydrogens (primary N) is 1. The van der Waals surface area contributed by atoms with Crippen LogP contribution in [0.4, 0.5) is 0 Å². The zero-order valence-electron chi connectivity index (χ0n) is 9.83. The van der Waals surface area contributed by atoms with Crippen molar-refractivity contribution in [3.8, 4) is 0 Å². The van der Waals surface area contributed by atoms with E-state index in [9.17, 15) is 8.42 Å². The van der Waals surface area contributed by atoms with E-state index in [-0.39, 0.29) is 4.90 Å². The standard InChI is InChI=1S/C10H18N4O2S/c1-8-4-9(8)5-13-17(15,16)10-6-12-14(7-10)3-2-11/h6-9,13H,2-5,11H2,1H3. The third-order valence-corrected chi connectivity index (χ3v) is 4.47. The van der Waals surface area contributed by atoms with E-state index >= 15 is 0 Å². The van der Waals surface area contributed by atoms with Crippen molar-refractivity contribution in [2.45, 2.75) is 24.8 Å². The van der Waals surface area contributed by atoms with E-state index in [0.29, 0.717) is 31.5 Å². The summed E-state index contributed by atoms with van der Waals surface area (Å²) in [7, 11) is -3.41. The monoisotopic (exact) mass is 258 g/mol. The molecule has 2 unspecified atom stereocenters. The fourth-order valence-corrected chi connectivity index (χ4v) is 2.77. The van der Waals surface area contributed by atoms with Crippen molar-refractivity contribution in [3.63, 3.8) is 0 Å². The van der Waals surface area contributed by atoms with Gasteiger partial charge in [-0.25, -0.2) is 13.1 Å². The molecule has 96 valence electrons. The van der Waals surface area contributed by atoms with Gasteiger partial charge in [-0.15, -0.1) is 0 Å². The number of nitrogens with one attached hydrogen (secondary N) is 1. The maximum absolute atomic E-state index is 11.9. The summed E-state index contributed by atoms with van der Waals surface area (Å²) in [5, 5.41) is 3.95. The second-order valence-corrected chi connectivity index (χ2v) is 6.32. The minimum atomic E-state index is -3.41. The molecule has 1 heterocycles. The fraction of sp³-hybridized carbons (Fsp3) is 0.700. The molecule has 1 aliphatic rings. The van der Waals surface area contributed by atoms with Crippen molar-refractivity contribution < 1.29 is 8.42 Å². The average molecular weight is 258 g/mol. The Hall–Kier alpha value is -0.920. The Balaban J connectivity index is 1.98. The molecule has 0 amide bonds. The van der Waals surface area contributed by atoms with Gasteiger partial charge in [-0.3, -0.25) is 4.68 Å². The molecule has 0 aromatic carbocycles. The van der Waals surface area contributed by atoms with E-state index in [1.54, 1.807) is 0 Å². The SMILES string of the molecule is CC1CC1CNS(=O)(=O)c1cnn(CCN)c1. The highest BCUT2D eigenvalue weighted by Crippen LogP contribution is 2.37. The summed E-state index contributed by atoms with van der Waals surface area (Å²) in [5.41, 5.74) is 5.37. The quantitative estimate of drug-likeness (QED) is 0.738. The number of aromatic nitrogens is 2. The maximum Gasteiger partial charge on any atom is 0.243 e. The fourth-order valence-electron chi connectivity index (χ4n) is 1.72. The molecule has 1 aromatic rings. The molecule has 0 aliphatic heterocycles. The van der Waals surface area contributed by atoms with Crippen molar-refractivity contribution in [3.05, 3.63) is 12.4 Å². The van der Waals surface area contributed by atoms with Crippen LogP contribution in [0.2, 0.25) is 0 Å². The highest BCUT2D eigenvalue weighted by Gasteiger charge is 2.33. The average Bonchev–Trinajstić information content (AvgIpc) is 2.77. The zero-order valence-corrected chi connectivity index (χ0v) is 10.7. The Morgan fingerprint density at radius 1 is 1.65 bits per heavy atom. The van der Waals surface area contributed by atoms with Gasteiger partial charge in [0, 0.05) is 19.3 Å². The van der Waals surface area contributed by atoms with Gasteiger partial charge < -0.3 is 5.73 Å². The van der Waals surface area contributed by atoms with Crippen LogP contribution in [0.3, 0.4) is 0 Å². The highest BCUT2D eigenvalue weighted by molar-refractivity contribution is 7.89. The van der Waals surface area contributed by atoms with Gasteiger partial charge in [-0.1, -0.05) is 6.92 Å². The maximum atomic E-state index is 11.9. The third kappa shape index (κ3) is 3.05. The molecule has 1 fully saturated rings. The van der Waals surface area contributed by atoms with Crippen LogP contribution in [0.15, 0.2) is 17.3 Å². The normalized spacial score (nSPS) is 23.9. The van der Waals surface area contributed by atoms with Gasteiger partial charge in [-0.05, 0) is 18.3 Å². The van der Waals surface area contributed by atoms with Crippen molar-refractivity contribution in [2.24, 2.45) is 17.6 Å². The molecule has 0 spiro atoms. The first-order valence-corrected chi connectivity index (χ1v) is 7.23. The second-order valence-electron chi connectivity index (χ2n) is 4.55. The van der Waals surface area contributed by atoms with Crippen LogP contribution in [0, 0.1) is 11.8 Å². The zero-order chi connectivity index (χ0) is 12.5. The van der Waals surface area contributed by atoms with Gasteiger partial charge in [0.2, 0.25) is 10.0 Å². The van der Waals surface area contributed by atoms with Crippen LogP contribution in [0.5, 0.6) is 0 Å². The lowest BCUT2D eigenvalue weighted by molar-refractivity contribution is 0.573. The summed E-state index contributed by atoms with van der Waals surface area (Å²) < 4.78 is 27.9. The van der Waals surface area contributed by atoms with Gasteiger partial charge >= 0.3 is 0 Å². The van der Waals surface area contributed by atoms with E-state index < -0.39 is 10.0 Å². The molecule has 17 heavy (non-hydrogen) atoms. The number of hydrogen-bond acceptors (Lipinski definition) is 4. The lowest BCUT2D eigenvalue weighted by atomic mass is 10.3. The molecule has 1 aliphatic carbocycles. The second kappa shape index (κ2) is 4.75. The topological polar surface area (TPSA) is 90.0 Å². The molecule has 1 aromatic heterocycles. The first kappa shape index (κ1) is 12.5. The Kier molecular flexibility index (Phi) is 3.50. The summed E-state index contributed by atoms with van der Waals surface area (Å²) in [6.45, 7) is 3.60. The molecule has 0 saturated heterocycles. The van der Waals surface area contributed by atoms with Crippen LogP contribution in [0.1, 0.15) is 13.3 Å². The lowest BCUT2D eigenvalue weighted by Gasteiger charge is -2.03. The number of hydrogen-bond donors (Lipinski definition) is 2. The predicted molar refractivity (Wildman–Crippen MR) is 63.7 cm³/mol.